The van der Waals surface area contributed by atoms with Gasteiger partial charge in [-0.1, -0.05) is 26.0 Å². The molecule has 1 fully saturated rings. The first-order chi connectivity index (χ1) is 10.1. The van der Waals surface area contributed by atoms with Crippen LogP contribution in [0, 0.1) is 5.92 Å². The van der Waals surface area contributed by atoms with Crippen molar-refractivity contribution in [2.75, 3.05) is 20.8 Å². The summed E-state index contributed by atoms with van der Waals surface area (Å²) in [6, 6.07) is 8.63. The zero-order valence-electron chi connectivity index (χ0n) is 13.8. The maximum absolute atomic E-state index is 6.06. The summed E-state index contributed by atoms with van der Waals surface area (Å²) < 4.78 is 11.3. The Morgan fingerprint density at radius 1 is 1.19 bits per heavy atom. The van der Waals surface area contributed by atoms with Gasteiger partial charge in [-0.25, -0.2) is 0 Å². The maximum Gasteiger partial charge on any atom is 0.118 e. The molecule has 1 aliphatic carbocycles. The van der Waals surface area contributed by atoms with Gasteiger partial charge in [-0.3, -0.25) is 0 Å². The van der Waals surface area contributed by atoms with Crippen molar-refractivity contribution in [2.45, 2.75) is 51.2 Å². The number of hydrogen-bond donors (Lipinski definition) is 1. The Morgan fingerprint density at radius 2 is 1.81 bits per heavy atom. The summed E-state index contributed by atoms with van der Waals surface area (Å²) in [4.78, 5) is 0. The Kier molecular flexibility index (Phi) is 5.65. The topological polar surface area (TPSA) is 30.5 Å². The highest BCUT2D eigenvalue weighted by Crippen LogP contribution is 2.43. The van der Waals surface area contributed by atoms with Crippen molar-refractivity contribution in [3.63, 3.8) is 0 Å². The molecule has 3 heteroatoms. The van der Waals surface area contributed by atoms with Gasteiger partial charge in [-0.2, -0.15) is 0 Å². The number of rotatable bonds is 6. The molecule has 2 rings (SSSR count). The van der Waals surface area contributed by atoms with Gasteiger partial charge in [0.25, 0.3) is 0 Å². The zero-order chi connectivity index (χ0) is 15.3. The summed E-state index contributed by atoms with van der Waals surface area (Å²) in [5.74, 6) is 1.71. The number of methoxy groups -OCH3 is 2. The molecule has 3 nitrogen and oxygen atoms in total. The van der Waals surface area contributed by atoms with Gasteiger partial charge in [-0.05, 0) is 55.8 Å². The van der Waals surface area contributed by atoms with Crippen LogP contribution in [0.1, 0.15) is 51.1 Å². The number of likely N-dealkylation sites (N-methyl/N-ethyl adjacent to an activating group) is 1. The van der Waals surface area contributed by atoms with E-state index in [1.807, 2.05) is 19.2 Å². The molecule has 1 aromatic rings. The van der Waals surface area contributed by atoms with Crippen LogP contribution >= 0.6 is 0 Å². The van der Waals surface area contributed by atoms with E-state index < -0.39 is 0 Å². The molecule has 118 valence electrons. The molecule has 21 heavy (non-hydrogen) atoms. The van der Waals surface area contributed by atoms with E-state index in [2.05, 4.69) is 31.3 Å². The summed E-state index contributed by atoms with van der Waals surface area (Å²) in [5.41, 5.74) is 1.20. The minimum absolute atomic E-state index is 0.0862. The van der Waals surface area contributed by atoms with Crippen molar-refractivity contribution in [3.05, 3.63) is 29.8 Å². The molecule has 1 aromatic carbocycles. The highest BCUT2D eigenvalue weighted by atomic mass is 16.5. The third-order valence-electron chi connectivity index (χ3n) is 4.91. The normalized spacial score (nSPS) is 27.3. The Balaban J connectivity index is 2.26. The monoisotopic (exact) mass is 291 g/mol. The van der Waals surface area contributed by atoms with Crippen LogP contribution in [0.3, 0.4) is 0 Å². The second-order valence-corrected chi connectivity index (χ2v) is 6.22. The average Bonchev–Trinajstić information content (AvgIpc) is 2.54. The van der Waals surface area contributed by atoms with Crippen LogP contribution in [0.25, 0.3) is 0 Å². The first-order valence-corrected chi connectivity index (χ1v) is 8.07. The third-order valence-corrected chi connectivity index (χ3v) is 4.91. The first kappa shape index (κ1) is 16.3. The van der Waals surface area contributed by atoms with Gasteiger partial charge in [0, 0.05) is 7.11 Å². The van der Waals surface area contributed by atoms with E-state index in [9.17, 15) is 0 Å². The second kappa shape index (κ2) is 7.28. The lowest BCUT2D eigenvalue weighted by Crippen LogP contribution is -2.47. The van der Waals surface area contributed by atoms with Crippen molar-refractivity contribution in [1.82, 2.24) is 5.32 Å². The molecule has 0 amide bonds. The van der Waals surface area contributed by atoms with Crippen LogP contribution in [-0.2, 0) is 4.74 Å². The molecular formula is C18H29NO2. The number of ether oxygens (including phenoxy) is 2. The van der Waals surface area contributed by atoms with Gasteiger partial charge in [0.1, 0.15) is 5.75 Å². The molecule has 0 bridgehead atoms. The maximum atomic E-state index is 6.06. The average molecular weight is 291 g/mol. The van der Waals surface area contributed by atoms with E-state index in [0.717, 1.165) is 31.1 Å². The Morgan fingerprint density at radius 3 is 2.29 bits per heavy atom. The van der Waals surface area contributed by atoms with E-state index in [-0.39, 0.29) is 11.6 Å². The van der Waals surface area contributed by atoms with Gasteiger partial charge in [0.2, 0.25) is 0 Å². The van der Waals surface area contributed by atoms with Crippen LogP contribution in [0.5, 0.6) is 5.75 Å². The van der Waals surface area contributed by atoms with Crippen LogP contribution in [0.2, 0.25) is 0 Å². The van der Waals surface area contributed by atoms with E-state index in [0.29, 0.717) is 0 Å². The Hall–Kier alpha value is -1.06. The predicted octanol–water partition coefficient (Wildman–Crippen LogP) is 3.94. The number of benzene rings is 1. The summed E-state index contributed by atoms with van der Waals surface area (Å²) in [6.07, 6.45) is 4.72. The smallest absolute Gasteiger partial charge is 0.118 e. The Labute approximate surface area is 129 Å². The molecule has 0 spiro atoms. The zero-order valence-corrected chi connectivity index (χ0v) is 13.8. The van der Waals surface area contributed by atoms with Crippen molar-refractivity contribution in [3.8, 4) is 5.75 Å². The van der Waals surface area contributed by atoms with Gasteiger partial charge < -0.3 is 14.8 Å². The fraction of sp³-hybridized carbons (Fsp3) is 0.667. The van der Waals surface area contributed by atoms with Crippen LogP contribution in [0.15, 0.2) is 24.3 Å². The van der Waals surface area contributed by atoms with E-state index in [4.69, 9.17) is 9.47 Å². The van der Waals surface area contributed by atoms with E-state index >= 15 is 0 Å². The van der Waals surface area contributed by atoms with Gasteiger partial charge >= 0.3 is 0 Å². The van der Waals surface area contributed by atoms with Crippen molar-refractivity contribution in [1.29, 1.82) is 0 Å². The molecule has 0 aromatic heterocycles. The van der Waals surface area contributed by atoms with E-state index in [1.165, 1.54) is 18.4 Å². The fourth-order valence-corrected chi connectivity index (χ4v) is 3.47. The lowest BCUT2D eigenvalue weighted by Gasteiger charge is -2.44. The van der Waals surface area contributed by atoms with Crippen LogP contribution < -0.4 is 10.1 Å². The second-order valence-electron chi connectivity index (χ2n) is 6.22. The molecule has 1 aliphatic rings. The highest BCUT2D eigenvalue weighted by Gasteiger charge is 2.41. The molecular weight excluding hydrogens is 262 g/mol. The largest absolute Gasteiger partial charge is 0.497 e. The van der Waals surface area contributed by atoms with Crippen molar-refractivity contribution in [2.24, 2.45) is 5.92 Å². The minimum atomic E-state index is -0.0862. The van der Waals surface area contributed by atoms with Crippen LogP contribution in [-0.4, -0.2) is 26.4 Å². The number of nitrogens with one attached hydrogen (secondary N) is 1. The van der Waals surface area contributed by atoms with Gasteiger partial charge in [0.15, 0.2) is 0 Å². The summed E-state index contributed by atoms with van der Waals surface area (Å²) in [7, 11) is 3.57. The molecule has 0 heterocycles. The predicted molar refractivity (Wildman–Crippen MR) is 86.8 cm³/mol. The summed E-state index contributed by atoms with van der Waals surface area (Å²) in [5, 5.41) is 3.65. The third kappa shape index (κ3) is 3.58. The van der Waals surface area contributed by atoms with E-state index in [1.54, 1.807) is 7.11 Å². The molecule has 0 saturated heterocycles. The molecule has 1 N–H and O–H groups in total. The van der Waals surface area contributed by atoms with Crippen molar-refractivity contribution < 1.29 is 9.47 Å². The fourth-order valence-electron chi connectivity index (χ4n) is 3.47. The minimum Gasteiger partial charge on any atom is -0.497 e. The molecule has 0 radical (unpaired) electrons. The van der Waals surface area contributed by atoms with Crippen LogP contribution in [0.4, 0.5) is 0 Å². The summed E-state index contributed by atoms with van der Waals surface area (Å²) in [6.45, 7) is 5.44. The van der Waals surface area contributed by atoms with Gasteiger partial charge in [0.05, 0.1) is 18.8 Å². The SMILES string of the molecule is CCNC(c1ccc(OC)cc1)C1(OC)CCC(C)CC1. The standard InChI is InChI=1S/C18H29NO2/c1-5-19-17(15-6-8-16(20-3)9-7-15)18(21-4)12-10-14(2)11-13-18/h6-9,14,17,19H,5,10-13H2,1-4H3. The first-order valence-electron chi connectivity index (χ1n) is 8.07. The molecule has 1 unspecified atom stereocenters. The summed E-state index contributed by atoms with van der Waals surface area (Å²) >= 11 is 0. The lowest BCUT2D eigenvalue weighted by molar-refractivity contribution is -0.0757. The lowest BCUT2D eigenvalue weighted by atomic mass is 9.73. The Bertz CT molecular complexity index is 421. The molecule has 1 saturated carbocycles. The molecule has 0 aliphatic heterocycles. The quantitative estimate of drug-likeness (QED) is 0.861. The number of hydrogen-bond acceptors (Lipinski definition) is 3. The molecule has 1 atom stereocenters. The highest BCUT2D eigenvalue weighted by molar-refractivity contribution is 5.31. The van der Waals surface area contributed by atoms with Crippen molar-refractivity contribution >= 4 is 0 Å². The van der Waals surface area contributed by atoms with Gasteiger partial charge in [-0.15, -0.1) is 0 Å².